The summed E-state index contributed by atoms with van der Waals surface area (Å²) in [5.41, 5.74) is 0. The van der Waals surface area contributed by atoms with Crippen molar-refractivity contribution < 1.29 is 0 Å². The van der Waals surface area contributed by atoms with Crippen LogP contribution in [0.5, 0.6) is 0 Å². The van der Waals surface area contributed by atoms with Gasteiger partial charge >= 0.3 is 0 Å². The highest BCUT2D eigenvalue weighted by Crippen LogP contribution is 2.34. The third-order valence-corrected chi connectivity index (χ3v) is 5.68. The number of fused-ring (bicyclic) bond motifs is 3. The second kappa shape index (κ2) is 5.53. The summed E-state index contributed by atoms with van der Waals surface area (Å²) in [6, 6.07) is 19.3. The van der Waals surface area contributed by atoms with Gasteiger partial charge in [0.15, 0.2) is 0 Å². The Morgan fingerprint density at radius 1 is 0.842 bits per heavy atom. The Balaban J connectivity index is 2.26. The van der Waals surface area contributed by atoms with Crippen LogP contribution in [0.4, 0.5) is 0 Å². The molecule has 0 fully saturated rings. The van der Waals surface area contributed by atoms with Gasteiger partial charge in [-0.2, -0.15) is 0 Å². The van der Waals surface area contributed by atoms with E-state index in [0.717, 1.165) is 3.53 Å². The van der Waals surface area contributed by atoms with E-state index in [2.05, 4.69) is 54.6 Å². The Hall–Kier alpha value is -1.03. The van der Waals surface area contributed by atoms with Gasteiger partial charge in [-0.05, 0) is 33.9 Å². The van der Waals surface area contributed by atoms with Crippen molar-refractivity contribution in [1.82, 2.24) is 0 Å². The lowest BCUT2D eigenvalue weighted by Gasteiger charge is -2.08. The third-order valence-electron chi connectivity index (χ3n) is 3.11. The molecule has 0 unspecified atom stereocenters. The van der Waals surface area contributed by atoms with E-state index in [0.29, 0.717) is 0 Å². The molecule has 0 heterocycles. The van der Waals surface area contributed by atoms with Crippen molar-refractivity contribution in [3.05, 3.63) is 54.6 Å². The van der Waals surface area contributed by atoms with Gasteiger partial charge in [-0.25, -0.2) is 0 Å². The number of thioether (sulfide) groups is 2. The Bertz CT molecular complexity index is 762. The first kappa shape index (κ1) is 13.0. The summed E-state index contributed by atoms with van der Waals surface area (Å²) in [4.78, 5) is 1.24. The SMILES string of the molecule is CSC(=S)Sc1cccc2c1ccc1ccccc12. The first-order chi connectivity index (χ1) is 9.29. The Morgan fingerprint density at radius 2 is 1.63 bits per heavy atom. The van der Waals surface area contributed by atoms with E-state index in [1.807, 2.05) is 6.26 Å². The molecule has 94 valence electrons. The zero-order chi connectivity index (χ0) is 13.2. The maximum Gasteiger partial charge on any atom is 0.108 e. The normalized spacial score (nSPS) is 11.0. The molecule has 0 atom stereocenters. The molecule has 3 heteroatoms. The molecule has 0 bridgehead atoms. The summed E-state index contributed by atoms with van der Waals surface area (Å²) < 4.78 is 0.959. The van der Waals surface area contributed by atoms with E-state index < -0.39 is 0 Å². The molecule has 19 heavy (non-hydrogen) atoms. The number of thiocarbonyl (C=S) groups is 1. The quantitative estimate of drug-likeness (QED) is 0.320. The predicted octanol–water partition coefficient (Wildman–Crippen LogP) is 5.73. The molecule has 0 aliphatic heterocycles. The van der Waals surface area contributed by atoms with Crippen LogP contribution in [0.25, 0.3) is 21.5 Å². The molecule has 0 aliphatic rings. The van der Waals surface area contributed by atoms with Crippen LogP contribution >= 0.6 is 35.7 Å². The lowest BCUT2D eigenvalue weighted by atomic mass is 10.0. The van der Waals surface area contributed by atoms with Gasteiger partial charge in [0, 0.05) is 4.90 Å². The van der Waals surface area contributed by atoms with Gasteiger partial charge in [0.25, 0.3) is 0 Å². The Morgan fingerprint density at radius 3 is 2.47 bits per heavy atom. The zero-order valence-electron chi connectivity index (χ0n) is 10.4. The van der Waals surface area contributed by atoms with E-state index in [1.165, 1.54) is 26.4 Å². The molecule has 0 spiro atoms. The largest absolute Gasteiger partial charge is 0.111 e. The summed E-state index contributed by atoms with van der Waals surface area (Å²) >= 11 is 8.62. The van der Waals surface area contributed by atoms with Crippen molar-refractivity contribution in [1.29, 1.82) is 0 Å². The molecule has 0 saturated carbocycles. The van der Waals surface area contributed by atoms with Crippen LogP contribution in [0.2, 0.25) is 0 Å². The number of benzene rings is 3. The molecule has 0 amide bonds. The fraction of sp³-hybridized carbons (Fsp3) is 0.0625. The van der Waals surface area contributed by atoms with Gasteiger partial charge in [-0.3, -0.25) is 0 Å². The van der Waals surface area contributed by atoms with Crippen LogP contribution in [0.15, 0.2) is 59.5 Å². The summed E-state index contributed by atoms with van der Waals surface area (Å²) in [7, 11) is 0. The second-order valence-electron chi connectivity index (χ2n) is 4.19. The third kappa shape index (κ3) is 2.50. The average molecular weight is 300 g/mol. The van der Waals surface area contributed by atoms with Gasteiger partial charge < -0.3 is 0 Å². The standard InChI is InChI=1S/C16H12S3/c1-18-16(17)19-15-8-4-7-13-12-6-3-2-5-11(12)9-10-14(13)15/h2-10H,1H3. The highest BCUT2D eigenvalue weighted by Gasteiger charge is 2.06. The van der Waals surface area contributed by atoms with Gasteiger partial charge in [0.2, 0.25) is 0 Å². The number of hydrogen-bond donors (Lipinski definition) is 0. The molecule has 3 rings (SSSR count). The molecule has 3 aromatic rings. The lowest BCUT2D eigenvalue weighted by Crippen LogP contribution is -1.83. The smallest absolute Gasteiger partial charge is 0.108 e. The van der Waals surface area contributed by atoms with E-state index in [1.54, 1.807) is 23.5 Å². The first-order valence-electron chi connectivity index (χ1n) is 5.96. The number of hydrogen-bond acceptors (Lipinski definition) is 3. The average Bonchev–Trinajstić information content (AvgIpc) is 2.47. The summed E-state index contributed by atoms with van der Waals surface area (Å²) in [6.07, 6.45) is 2.02. The highest BCUT2D eigenvalue weighted by atomic mass is 32.2. The van der Waals surface area contributed by atoms with Crippen molar-refractivity contribution in [3.63, 3.8) is 0 Å². The van der Waals surface area contributed by atoms with E-state index in [-0.39, 0.29) is 0 Å². The minimum absolute atomic E-state index is 0.959. The Kier molecular flexibility index (Phi) is 3.78. The van der Waals surface area contributed by atoms with Crippen LogP contribution in [-0.4, -0.2) is 9.78 Å². The number of rotatable bonds is 1. The van der Waals surface area contributed by atoms with Crippen LogP contribution in [-0.2, 0) is 0 Å². The van der Waals surface area contributed by atoms with Crippen molar-refractivity contribution in [2.24, 2.45) is 0 Å². The maximum atomic E-state index is 5.32. The van der Waals surface area contributed by atoms with Crippen molar-refractivity contribution in [2.75, 3.05) is 6.26 Å². The molecule has 3 aromatic carbocycles. The molecule has 0 radical (unpaired) electrons. The van der Waals surface area contributed by atoms with Crippen LogP contribution < -0.4 is 0 Å². The summed E-state index contributed by atoms with van der Waals surface area (Å²) in [5.74, 6) is 0. The van der Waals surface area contributed by atoms with Gasteiger partial charge in [-0.1, -0.05) is 72.5 Å². The minimum atomic E-state index is 0.959. The second-order valence-corrected chi connectivity index (χ2v) is 7.25. The zero-order valence-corrected chi connectivity index (χ0v) is 12.9. The van der Waals surface area contributed by atoms with Crippen molar-refractivity contribution in [3.8, 4) is 0 Å². The predicted molar refractivity (Wildman–Crippen MR) is 93.4 cm³/mol. The monoisotopic (exact) mass is 300 g/mol. The highest BCUT2D eigenvalue weighted by molar-refractivity contribution is 8.47. The maximum absolute atomic E-state index is 5.32. The van der Waals surface area contributed by atoms with Gasteiger partial charge in [0.05, 0.1) is 0 Å². The van der Waals surface area contributed by atoms with Crippen molar-refractivity contribution >= 4 is 60.8 Å². The molecular formula is C16H12S3. The molecule has 0 aromatic heterocycles. The molecule has 0 N–H and O–H groups in total. The lowest BCUT2D eigenvalue weighted by molar-refractivity contribution is 1.57. The molecule has 0 aliphatic carbocycles. The topological polar surface area (TPSA) is 0 Å². The minimum Gasteiger partial charge on any atom is -0.111 e. The summed E-state index contributed by atoms with van der Waals surface area (Å²) in [5, 5.41) is 5.16. The fourth-order valence-corrected chi connectivity index (χ4v) is 3.72. The van der Waals surface area contributed by atoms with Crippen LogP contribution in [0.3, 0.4) is 0 Å². The fourth-order valence-electron chi connectivity index (χ4n) is 2.23. The van der Waals surface area contributed by atoms with E-state index >= 15 is 0 Å². The van der Waals surface area contributed by atoms with E-state index in [4.69, 9.17) is 12.2 Å². The molecule has 0 saturated heterocycles. The van der Waals surface area contributed by atoms with Crippen molar-refractivity contribution in [2.45, 2.75) is 4.90 Å². The molecular weight excluding hydrogens is 288 g/mol. The van der Waals surface area contributed by atoms with Gasteiger partial charge in [-0.15, -0.1) is 11.8 Å². The Labute approximate surface area is 126 Å². The first-order valence-corrected chi connectivity index (χ1v) is 8.41. The van der Waals surface area contributed by atoms with Crippen LogP contribution in [0.1, 0.15) is 0 Å². The summed E-state index contributed by atoms with van der Waals surface area (Å²) in [6.45, 7) is 0. The molecule has 0 nitrogen and oxygen atoms in total. The van der Waals surface area contributed by atoms with Gasteiger partial charge in [0.1, 0.15) is 3.53 Å². The van der Waals surface area contributed by atoms with E-state index in [9.17, 15) is 0 Å². The van der Waals surface area contributed by atoms with Crippen LogP contribution in [0, 0.1) is 0 Å².